The van der Waals surface area contributed by atoms with Gasteiger partial charge in [-0.25, -0.2) is 0 Å². The van der Waals surface area contributed by atoms with E-state index in [0.717, 1.165) is 12.2 Å². The summed E-state index contributed by atoms with van der Waals surface area (Å²) < 4.78 is 0. The Morgan fingerprint density at radius 3 is 3.00 bits per heavy atom. The molecule has 0 bridgehead atoms. The molecule has 5 heteroatoms. The van der Waals surface area contributed by atoms with Crippen molar-refractivity contribution in [3.05, 3.63) is 29.8 Å². The Balaban J connectivity index is 1.63. The van der Waals surface area contributed by atoms with Crippen LogP contribution in [-0.2, 0) is 9.59 Å². The zero-order valence-electron chi connectivity index (χ0n) is 11.4. The summed E-state index contributed by atoms with van der Waals surface area (Å²) >= 11 is 0. The number of benzene rings is 1. The quantitative estimate of drug-likeness (QED) is 0.843. The van der Waals surface area contributed by atoms with Gasteiger partial charge in [-0.2, -0.15) is 0 Å². The minimum absolute atomic E-state index is 0.0354. The van der Waals surface area contributed by atoms with Crippen molar-refractivity contribution in [2.24, 2.45) is 0 Å². The number of anilines is 1. The van der Waals surface area contributed by atoms with Crippen LogP contribution in [0.15, 0.2) is 24.3 Å². The van der Waals surface area contributed by atoms with Crippen molar-refractivity contribution in [3.63, 3.8) is 0 Å². The Kier molecular flexibility index (Phi) is 3.58. The Morgan fingerprint density at radius 2 is 2.10 bits per heavy atom. The summed E-state index contributed by atoms with van der Waals surface area (Å²) in [7, 11) is 0. The number of amides is 2. The minimum Gasteiger partial charge on any atom is -0.384 e. The van der Waals surface area contributed by atoms with Crippen LogP contribution in [-0.4, -0.2) is 42.9 Å². The highest BCUT2D eigenvalue weighted by atomic mass is 16.2. The second-order valence-corrected chi connectivity index (χ2v) is 5.35. The molecule has 1 atom stereocenters. The molecular weight excluding hydrogens is 254 g/mol. The predicted molar refractivity (Wildman–Crippen MR) is 76.5 cm³/mol. The van der Waals surface area contributed by atoms with E-state index in [1.807, 2.05) is 18.2 Å². The van der Waals surface area contributed by atoms with E-state index in [0.29, 0.717) is 32.5 Å². The molecule has 2 N–H and O–H groups in total. The fourth-order valence-corrected chi connectivity index (χ4v) is 2.90. The smallest absolute Gasteiger partial charge is 0.223 e. The minimum atomic E-state index is 0.0354. The van der Waals surface area contributed by atoms with Crippen molar-refractivity contribution >= 4 is 17.5 Å². The van der Waals surface area contributed by atoms with E-state index in [9.17, 15) is 9.59 Å². The molecule has 0 saturated carbocycles. The van der Waals surface area contributed by atoms with E-state index in [-0.39, 0.29) is 17.7 Å². The molecule has 3 rings (SSSR count). The molecular formula is C15H19N3O2. The highest BCUT2D eigenvalue weighted by Crippen LogP contribution is 2.33. The predicted octanol–water partition coefficient (Wildman–Crippen LogP) is 0.934. The van der Waals surface area contributed by atoms with Crippen molar-refractivity contribution in [1.82, 2.24) is 10.2 Å². The van der Waals surface area contributed by atoms with E-state index in [2.05, 4.69) is 16.7 Å². The number of hydrogen-bond donors (Lipinski definition) is 2. The van der Waals surface area contributed by atoms with Crippen molar-refractivity contribution in [1.29, 1.82) is 0 Å². The number of nitrogens with zero attached hydrogens (tertiary/aromatic N) is 1. The normalized spacial score (nSPS) is 21.7. The molecule has 1 aromatic rings. The van der Waals surface area contributed by atoms with Crippen LogP contribution >= 0.6 is 0 Å². The first kappa shape index (κ1) is 13.0. The summed E-state index contributed by atoms with van der Waals surface area (Å²) in [6.45, 7) is 2.53. The van der Waals surface area contributed by atoms with Crippen LogP contribution in [0.4, 0.5) is 5.69 Å². The van der Waals surface area contributed by atoms with Gasteiger partial charge >= 0.3 is 0 Å². The number of para-hydroxylation sites is 1. The average Bonchev–Trinajstić information content (AvgIpc) is 2.72. The SMILES string of the molecule is O=C1CCN(C(=O)CC2CNc3ccccc32)CCN1. The van der Waals surface area contributed by atoms with Gasteiger partial charge < -0.3 is 15.5 Å². The molecule has 0 aromatic heterocycles. The van der Waals surface area contributed by atoms with Gasteiger partial charge in [0.05, 0.1) is 0 Å². The van der Waals surface area contributed by atoms with E-state index < -0.39 is 0 Å². The van der Waals surface area contributed by atoms with E-state index in [4.69, 9.17) is 0 Å². The van der Waals surface area contributed by atoms with Gasteiger partial charge in [-0.15, -0.1) is 0 Å². The van der Waals surface area contributed by atoms with Gasteiger partial charge in [0.15, 0.2) is 0 Å². The number of carbonyl (C=O) groups is 2. The molecule has 2 aliphatic rings. The van der Waals surface area contributed by atoms with Crippen LogP contribution in [0.3, 0.4) is 0 Å². The number of rotatable bonds is 2. The highest BCUT2D eigenvalue weighted by molar-refractivity contribution is 5.81. The first-order valence-corrected chi connectivity index (χ1v) is 7.11. The Hall–Kier alpha value is -2.04. The van der Waals surface area contributed by atoms with Crippen molar-refractivity contribution in [2.45, 2.75) is 18.8 Å². The van der Waals surface area contributed by atoms with Gasteiger partial charge in [-0.1, -0.05) is 18.2 Å². The molecule has 1 unspecified atom stereocenters. The highest BCUT2D eigenvalue weighted by Gasteiger charge is 2.27. The van der Waals surface area contributed by atoms with E-state index >= 15 is 0 Å². The Bertz CT molecular complexity index is 530. The monoisotopic (exact) mass is 273 g/mol. The first-order valence-electron chi connectivity index (χ1n) is 7.11. The van der Waals surface area contributed by atoms with Gasteiger partial charge in [-0.05, 0) is 11.6 Å². The number of hydrogen-bond acceptors (Lipinski definition) is 3. The molecule has 2 amide bonds. The summed E-state index contributed by atoms with van der Waals surface area (Å²) in [5.41, 5.74) is 2.36. The number of nitrogens with one attached hydrogen (secondary N) is 2. The Labute approximate surface area is 118 Å². The molecule has 0 spiro atoms. The molecule has 2 heterocycles. The van der Waals surface area contributed by atoms with Crippen LogP contribution in [0.5, 0.6) is 0 Å². The van der Waals surface area contributed by atoms with Crippen LogP contribution in [0, 0.1) is 0 Å². The molecule has 1 aromatic carbocycles. The van der Waals surface area contributed by atoms with E-state index in [1.165, 1.54) is 5.56 Å². The van der Waals surface area contributed by atoms with Gasteiger partial charge in [0.2, 0.25) is 11.8 Å². The van der Waals surface area contributed by atoms with Crippen LogP contribution < -0.4 is 10.6 Å². The van der Waals surface area contributed by atoms with E-state index in [1.54, 1.807) is 4.90 Å². The van der Waals surface area contributed by atoms with Gasteiger partial charge in [-0.3, -0.25) is 9.59 Å². The summed E-state index contributed by atoms with van der Waals surface area (Å²) in [6, 6.07) is 8.15. The van der Waals surface area contributed by atoms with Gasteiger partial charge in [0.1, 0.15) is 0 Å². The summed E-state index contributed by atoms with van der Waals surface area (Å²) in [5.74, 6) is 0.420. The molecule has 0 aliphatic carbocycles. The van der Waals surface area contributed by atoms with Crippen molar-refractivity contribution in [2.75, 3.05) is 31.5 Å². The number of fused-ring (bicyclic) bond motifs is 1. The van der Waals surface area contributed by atoms with Crippen molar-refractivity contribution < 1.29 is 9.59 Å². The summed E-state index contributed by atoms with van der Waals surface area (Å²) in [6.07, 6.45) is 0.920. The Morgan fingerprint density at radius 1 is 1.25 bits per heavy atom. The van der Waals surface area contributed by atoms with Gasteiger partial charge in [0, 0.05) is 50.6 Å². The zero-order chi connectivity index (χ0) is 13.9. The molecule has 20 heavy (non-hydrogen) atoms. The van der Waals surface area contributed by atoms with Crippen LogP contribution in [0.2, 0.25) is 0 Å². The standard InChI is InChI=1S/C15H19N3O2/c19-14-5-7-18(8-6-16-14)15(20)9-11-10-17-13-4-2-1-3-12(11)13/h1-4,11,17H,5-10H2,(H,16,19). The van der Waals surface area contributed by atoms with Crippen molar-refractivity contribution in [3.8, 4) is 0 Å². The maximum atomic E-state index is 12.4. The fraction of sp³-hybridized carbons (Fsp3) is 0.467. The van der Waals surface area contributed by atoms with Crippen LogP contribution in [0.25, 0.3) is 0 Å². The maximum absolute atomic E-state index is 12.4. The molecule has 1 saturated heterocycles. The molecule has 2 aliphatic heterocycles. The molecule has 1 fully saturated rings. The van der Waals surface area contributed by atoms with Gasteiger partial charge in [0.25, 0.3) is 0 Å². The third-order valence-corrected chi connectivity index (χ3v) is 4.03. The lowest BCUT2D eigenvalue weighted by molar-refractivity contribution is -0.131. The molecule has 0 radical (unpaired) electrons. The summed E-state index contributed by atoms with van der Waals surface area (Å²) in [5, 5.41) is 6.13. The lowest BCUT2D eigenvalue weighted by atomic mass is 9.97. The molecule has 106 valence electrons. The third-order valence-electron chi connectivity index (χ3n) is 4.03. The number of carbonyl (C=O) groups excluding carboxylic acids is 2. The van der Waals surface area contributed by atoms with Crippen LogP contribution in [0.1, 0.15) is 24.3 Å². The topological polar surface area (TPSA) is 61.4 Å². The summed E-state index contributed by atoms with van der Waals surface area (Å²) in [4.78, 5) is 25.5. The molecule has 5 nitrogen and oxygen atoms in total. The average molecular weight is 273 g/mol. The lowest BCUT2D eigenvalue weighted by Gasteiger charge is -2.21. The third kappa shape index (κ3) is 2.61. The maximum Gasteiger partial charge on any atom is 0.223 e. The first-order chi connectivity index (χ1) is 9.74. The zero-order valence-corrected chi connectivity index (χ0v) is 11.4. The second-order valence-electron chi connectivity index (χ2n) is 5.35. The largest absolute Gasteiger partial charge is 0.384 e. The lowest BCUT2D eigenvalue weighted by Crippen LogP contribution is -2.35. The fourth-order valence-electron chi connectivity index (χ4n) is 2.90. The second kappa shape index (κ2) is 5.53.